The van der Waals surface area contributed by atoms with Crippen LogP contribution in [0.1, 0.15) is 51.0 Å². The summed E-state index contributed by atoms with van der Waals surface area (Å²) in [5, 5.41) is 7.70. The monoisotopic (exact) mass is 709 g/mol. The normalized spacial score (nSPS) is 13.9. The van der Waals surface area contributed by atoms with E-state index in [4.69, 9.17) is 12.2 Å². The Hall–Kier alpha value is -4.31. The first kappa shape index (κ1) is 36.5. The van der Waals surface area contributed by atoms with Gasteiger partial charge in [-0.1, -0.05) is 60.7 Å². The lowest BCUT2D eigenvalue weighted by atomic mass is 9.93. The molecule has 4 rings (SSSR count). The third-order valence-corrected chi connectivity index (χ3v) is 7.18. The fourth-order valence-corrected chi connectivity index (χ4v) is 5.04. The van der Waals surface area contributed by atoms with Crippen LogP contribution in [0.4, 0.5) is 58.4 Å². The van der Waals surface area contributed by atoms with Crippen molar-refractivity contribution in [3.05, 3.63) is 136 Å². The van der Waals surface area contributed by atoms with E-state index >= 15 is 0 Å². The van der Waals surface area contributed by atoms with Crippen molar-refractivity contribution < 1.29 is 52.7 Å². The lowest BCUT2D eigenvalue weighted by molar-refractivity contribution is -0.144. The molecule has 0 spiro atoms. The Morgan fingerprint density at radius 2 is 0.896 bits per heavy atom. The van der Waals surface area contributed by atoms with Crippen molar-refractivity contribution in [2.45, 2.75) is 43.3 Å². The van der Waals surface area contributed by atoms with Crippen molar-refractivity contribution >= 4 is 23.0 Å². The number of alkyl halides is 12. The van der Waals surface area contributed by atoms with Crippen LogP contribution < -0.4 is 16.0 Å². The SMILES string of the molecule is FC(F)(F)c1cc(CNC(c2ccccc2)C(NC(=S)Nc2cc(C(F)(F)F)cc(C(F)(F)F)c2)c2ccccc2)cc(C(F)(F)F)c1. The lowest BCUT2D eigenvalue weighted by Crippen LogP contribution is -2.40. The minimum Gasteiger partial charge on any atom is -0.354 e. The largest absolute Gasteiger partial charge is 0.416 e. The van der Waals surface area contributed by atoms with Crippen molar-refractivity contribution in [3.8, 4) is 0 Å². The van der Waals surface area contributed by atoms with Gasteiger partial charge in [0.05, 0.1) is 34.3 Å². The van der Waals surface area contributed by atoms with Gasteiger partial charge in [-0.2, -0.15) is 52.7 Å². The molecule has 0 heterocycles. The van der Waals surface area contributed by atoms with Crippen molar-refractivity contribution in [1.82, 2.24) is 10.6 Å². The summed E-state index contributed by atoms with van der Waals surface area (Å²) in [4.78, 5) is 0. The fourth-order valence-electron chi connectivity index (χ4n) is 4.79. The zero-order valence-corrected chi connectivity index (χ0v) is 24.9. The van der Waals surface area contributed by atoms with Gasteiger partial charge in [0.1, 0.15) is 0 Å². The molecule has 0 aliphatic heterocycles. The first-order valence-electron chi connectivity index (χ1n) is 13.7. The van der Waals surface area contributed by atoms with Crippen LogP contribution in [0.3, 0.4) is 0 Å². The van der Waals surface area contributed by atoms with Gasteiger partial charge in [-0.15, -0.1) is 0 Å². The Balaban J connectivity index is 1.72. The van der Waals surface area contributed by atoms with Gasteiger partial charge in [0.2, 0.25) is 0 Å². The van der Waals surface area contributed by atoms with Crippen LogP contribution in [0, 0.1) is 0 Å². The Bertz CT molecular complexity index is 1640. The van der Waals surface area contributed by atoms with Gasteiger partial charge in [-0.25, -0.2) is 0 Å². The molecule has 0 amide bonds. The zero-order valence-electron chi connectivity index (χ0n) is 24.0. The predicted molar refractivity (Wildman–Crippen MR) is 157 cm³/mol. The van der Waals surface area contributed by atoms with Gasteiger partial charge in [0, 0.05) is 12.2 Å². The topological polar surface area (TPSA) is 36.1 Å². The second-order valence-corrected chi connectivity index (χ2v) is 10.9. The van der Waals surface area contributed by atoms with Gasteiger partial charge in [-0.3, -0.25) is 0 Å². The second-order valence-electron chi connectivity index (χ2n) is 10.5. The van der Waals surface area contributed by atoms with Crippen LogP contribution in [0.15, 0.2) is 97.1 Å². The number of anilines is 1. The summed E-state index contributed by atoms with van der Waals surface area (Å²) in [5.41, 5.74) is -6.33. The predicted octanol–water partition coefficient (Wildman–Crippen LogP) is 10.3. The lowest BCUT2D eigenvalue weighted by Gasteiger charge is -2.31. The molecule has 0 aliphatic rings. The molecule has 4 aromatic carbocycles. The average Bonchev–Trinajstić information content (AvgIpc) is 2.99. The molecule has 256 valence electrons. The maximum Gasteiger partial charge on any atom is 0.416 e. The maximum absolute atomic E-state index is 13.5. The van der Waals surface area contributed by atoms with Crippen LogP contribution in [0.5, 0.6) is 0 Å². The van der Waals surface area contributed by atoms with Crippen LogP contribution in [-0.2, 0) is 31.2 Å². The summed E-state index contributed by atoms with van der Waals surface area (Å²) in [6.45, 7) is -0.527. The molecule has 0 saturated heterocycles. The maximum atomic E-state index is 13.5. The van der Waals surface area contributed by atoms with Gasteiger partial charge < -0.3 is 16.0 Å². The highest BCUT2D eigenvalue weighted by atomic mass is 32.1. The van der Waals surface area contributed by atoms with E-state index in [1.807, 2.05) is 0 Å². The number of benzene rings is 4. The Kier molecular flexibility index (Phi) is 10.7. The molecule has 0 saturated carbocycles. The molecule has 2 unspecified atom stereocenters. The van der Waals surface area contributed by atoms with Gasteiger partial charge >= 0.3 is 24.7 Å². The van der Waals surface area contributed by atoms with E-state index in [1.54, 1.807) is 60.7 Å². The Morgan fingerprint density at radius 3 is 1.29 bits per heavy atom. The summed E-state index contributed by atoms with van der Waals surface area (Å²) >= 11 is 5.29. The van der Waals surface area contributed by atoms with E-state index in [-0.39, 0.29) is 17.7 Å². The summed E-state index contributed by atoms with van der Waals surface area (Å²) in [6, 6.07) is 16.0. The smallest absolute Gasteiger partial charge is 0.354 e. The number of rotatable bonds is 8. The molecule has 4 aromatic rings. The molecule has 3 N–H and O–H groups in total. The first-order chi connectivity index (χ1) is 22.2. The van der Waals surface area contributed by atoms with Gasteiger partial charge in [0.25, 0.3) is 0 Å². The van der Waals surface area contributed by atoms with Crippen molar-refractivity contribution in [2.24, 2.45) is 0 Å². The molecule has 0 aromatic heterocycles. The quantitative estimate of drug-likeness (QED) is 0.126. The number of halogens is 12. The summed E-state index contributed by atoms with van der Waals surface area (Å²) in [5.74, 6) is 0. The summed E-state index contributed by atoms with van der Waals surface area (Å²) < 4.78 is 162. The highest BCUT2D eigenvalue weighted by molar-refractivity contribution is 7.80. The molecule has 0 bridgehead atoms. The molecule has 48 heavy (non-hydrogen) atoms. The Morgan fingerprint density at radius 1 is 0.521 bits per heavy atom. The third kappa shape index (κ3) is 9.62. The number of hydrogen-bond donors (Lipinski definition) is 3. The summed E-state index contributed by atoms with van der Waals surface area (Å²) in [6.07, 6.45) is -20.4. The van der Waals surface area contributed by atoms with Crippen LogP contribution in [0.2, 0.25) is 0 Å². The molecule has 0 radical (unpaired) electrons. The fraction of sp³-hybridized carbons (Fsp3) is 0.219. The van der Waals surface area contributed by atoms with E-state index in [1.165, 1.54) is 0 Å². The molecule has 3 nitrogen and oxygen atoms in total. The van der Waals surface area contributed by atoms with Crippen molar-refractivity contribution in [2.75, 3.05) is 5.32 Å². The molecule has 0 fully saturated rings. The van der Waals surface area contributed by atoms with Crippen molar-refractivity contribution in [1.29, 1.82) is 0 Å². The van der Waals surface area contributed by atoms with E-state index in [0.717, 1.165) is 0 Å². The van der Waals surface area contributed by atoms with Gasteiger partial charge in [0.15, 0.2) is 5.11 Å². The minimum atomic E-state index is -5.13. The van der Waals surface area contributed by atoms with Crippen LogP contribution >= 0.6 is 12.2 Å². The van der Waals surface area contributed by atoms with Crippen molar-refractivity contribution in [3.63, 3.8) is 0 Å². The van der Waals surface area contributed by atoms with E-state index in [9.17, 15) is 52.7 Å². The standard InChI is InChI=1S/C32H23F12N3S/c33-29(34,35)21-11-18(12-22(13-21)30(36,37)38)17-45-26(19-7-3-1-4-8-19)27(20-9-5-2-6-10-20)47-28(48)46-25-15-23(31(39,40)41)14-24(16-25)32(42,43)44/h1-16,26-27,45H,17H2,(H2,46,47,48). The molecule has 16 heteroatoms. The average molecular weight is 710 g/mol. The number of hydrogen-bond acceptors (Lipinski definition) is 2. The first-order valence-corrected chi connectivity index (χ1v) is 14.1. The number of thiocarbonyl (C=S) groups is 1. The molecular formula is C32H23F12N3S. The van der Waals surface area contributed by atoms with E-state index in [0.29, 0.717) is 35.4 Å². The van der Waals surface area contributed by atoms with Crippen LogP contribution in [-0.4, -0.2) is 5.11 Å². The highest BCUT2D eigenvalue weighted by Gasteiger charge is 2.38. The highest BCUT2D eigenvalue weighted by Crippen LogP contribution is 2.39. The van der Waals surface area contributed by atoms with Gasteiger partial charge in [-0.05, 0) is 65.3 Å². The third-order valence-electron chi connectivity index (χ3n) is 6.96. The number of nitrogens with one attached hydrogen (secondary N) is 3. The summed E-state index contributed by atoms with van der Waals surface area (Å²) in [7, 11) is 0. The molecule has 0 aliphatic carbocycles. The van der Waals surface area contributed by atoms with E-state index in [2.05, 4.69) is 16.0 Å². The Labute approximate surface area is 271 Å². The van der Waals surface area contributed by atoms with Crippen LogP contribution in [0.25, 0.3) is 0 Å². The zero-order chi connectivity index (χ0) is 35.5. The molecule has 2 atom stereocenters. The second kappa shape index (κ2) is 14.0. The van der Waals surface area contributed by atoms with E-state index < -0.39 is 76.4 Å². The molecular weight excluding hydrogens is 686 g/mol. The minimum absolute atomic E-state index is 0.00536.